The maximum absolute atomic E-state index is 12.9. The Kier molecular flexibility index (Phi) is 6.37. The number of hydrogen-bond donors (Lipinski definition) is 2. The first kappa shape index (κ1) is 19.9. The fraction of sp³-hybridized carbons (Fsp3) is 0.526. The van der Waals surface area contributed by atoms with Gasteiger partial charge in [-0.1, -0.05) is 30.3 Å². The Morgan fingerprint density at radius 3 is 2.38 bits per heavy atom. The van der Waals surface area contributed by atoms with Crippen molar-refractivity contribution in [2.24, 2.45) is 5.92 Å². The smallest absolute Gasteiger partial charge is 0.408 e. The molecule has 7 nitrogen and oxygen atoms in total. The molecule has 1 aliphatic heterocycles. The Balaban J connectivity index is 2.13. The van der Waals surface area contributed by atoms with Crippen LogP contribution in [0.1, 0.15) is 26.3 Å². The molecule has 7 heteroatoms. The number of benzene rings is 1. The Morgan fingerprint density at radius 1 is 1.23 bits per heavy atom. The summed E-state index contributed by atoms with van der Waals surface area (Å²) in [7, 11) is 1.29. The molecule has 1 heterocycles. The number of carbonyl (C=O) groups excluding carboxylic acids is 3. The Morgan fingerprint density at radius 2 is 1.88 bits per heavy atom. The zero-order chi connectivity index (χ0) is 19.3. The normalized spacial score (nSPS) is 20.5. The standard InChI is InChI=1S/C19H26N2O5/c1-19(2,3)26-18(24)21-14(10-12-8-6-5-7-9-12)16(22)15-13(11-20-15)17(23)25-4/h5-9,13-15,20H,10-11H2,1-4H3,(H,21,24)/t13?,14-,15?/m0/s1. The highest BCUT2D eigenvalue weighted by atomic mass is 16.6. The van der Waals surface area contributed by atoms with Crippen LogP contribution in [0.4, 0.5) is 4.79 Å². The molecule has 2 rings (SSSR count). The molecule has 1 aromatic carbocycles. The van der Waals surface area contributed by atoms with E-state index in [4.69, 9.17) is 9.47 Å². The molecule has 142 valence electrons. The average molecular weight is 362 g/mol. The van der Waals surface area contributed by atoms with Crippen molar-refractivity contribution in [1.82, 2.24) is 10.6 Å². The van der Waals surface area contributed by atoms with E-state index in [1.54, 1.807) is 20.8 Å². The molecule has 0 aliphatic carbocycles. The highest BCUT2D eigenvalue weighted by Gasteiger charge is 2.44. The number of esters is 1. The van der Waals surface area contributed by atoms with Crippen LogP contribution in [0.25, 0.3) is 0 Å². The third kappa shape index (κ3) is 5.29. The molecule has 0 aromatic heterocycles. The van der Waals surface area contributed by atoms with E-state index in [1.807, 2.05) is 30.3 Å². The second-order valence-corrected chi connectivity index (χ2v) is 7.31. The van der Waals surface area contributed by atoms with E-state index < -0.39 is 35.7 Å². The zero-order valence-corrected chi connectivity index (χ0v) is 15.6. The topological polar surface area (TPSA) is 93.7 Å². The lowest BCUT2D eigenvalue weighted by molar-refractivity contribution is -0.152. The van der Waals surface area contributed by atoms with Gasteiger partial charge in [0.2, 0.25) is 0 Å². The second-order valence-electron chi connectivity index (χ2n) is 7.31. The number of ketones is 1. The van der Waals surface area contributed by atoms with Crippen LogP contribution >= 0.6 is 0 Å². The van der Waals surface area contributed by atoms with Gasteiger partial charge in [0.1, 0.15) is 5.60 Å². The number of Topliss-reactive ketones (excluding diaryl/α,β-unsaturated/α-hetero) is 1. The van der Waals surface area contributed by atoms with Crippen molar-refractivity contribution in [3.05, 3.63) is 35.9 Å². The van der Waals surface area contributed by atoms with Gasteiger partial charge in [0, 0.05) is 6.54 Å². The average Bonchev–Trinajstić information content (AvgIpc) is 2.52. The number of carbonyl (C=O) groups is 3. The molecule has 0 radical (unpaired) electrons. The van der Waals surface area contributed by atoms with Gasteiger partial charge in [-0.25, -0.2) is 4.79 Å². The number of alkyl carbamates (subject to hydrolysis) is 1. The van der Waals surface area contributed by atoms with Crippen LogP contribution in [0.2, 0.25) is 0 Å². The van der Waals surface area contributed by atoms with Crippen LogP contribution in [-0.4, -0.2) is 49.2 Å². The minimum atomic E-state index is -0.808. The van der Waals surface area contributed by atoms with Gasteiger partial charge in [0.05, 0.1) is 25.1 Å². The summed E-state index contributed by atoms with van der Waals surface area (Å²) >= 11 is 0. The van der Waals surface area contributed by atoms with Gasteiger partial charge in [-0.05, 0) is 32.8 Å². The lowest BCUT2D eigenvalue weighted by Crippen LogP contribution is -2.64. The number of nitrogens with one attached hydrogen (secondary N) is 2. The van der Waals surface area contributed by atoms with E-state index in [1.165, 1.54) is 7.11 Å². The number of rotatable bonds is 6. The molecule has 2 unspecified atom stereocenters. The summed E-state index contributed by atoms with van der Waals surface area (Å²) < 4.78 is 10.0. The van der Waals surface area contributed by atoms with Crippen LogP contribution in [0.15, 0.2) is 30.3 Å². The highest BCUT2D eigenvalue weighted by molar-refractivity contribution is 5.96. The van der Waals surface area contributed by atoms with Gasteiger partial charge >= 0.3 is 12.1 Å². The van der Waals surface area contributed by atoms with Crippen molar-refractivity contribution in [3.63, 3.8) is 0 Å². The van der Waals surface area contributed by atoms with Gasteiger partial charge in [0.25, 0.3) is 0 Å². The molecule has 3 atom stereocenters. The van der Waals surface area contributed by atoms with Crippen molar-refractivity contribution >= 4 is 17.8 Å². The van der Waals surface area contributed by atoms with E-state index in [-0.39, 0.29) is 5.78 Å². The van der Waals surface area contributed by atoms with Gasteiger partial charge in [0.15, 0.2) is 5.78 Å². The number of hydrogen-bond acceptors (Lipinski definition) is 6. The van der Waals surface area contributed by atoms with E-state index in [9.17, 15) is 14.4 Å². The number of ether oxygens (including phenoxy) is 2. The second kappa shape index (κ2) is 8.31. The summed E-state index contributed by atoms with van der Waals surface area (Å²) in [5.41, 5.74) is 0.226. The monoisotopic (exact) mass is 362 g/mol. The van der Waals surface area contributed by atoms with E-state index in [0.29, 0.717) is 13.0 Å². The first-order valence-corrected chi connectivity index (χ1v) is 8.59. The molecule has 2 N–H and O–H groups in total. The van der Waals surface area contributed by atoms with Gasteiger partial charge in [-0.2, -0.15) is 0 Å². The predicted molar refractivity (Wildman–Crippen MR) is 95.6 cm³/mol. The summed E-state index contributed by atoms with van der Waals surface area (Å²) in [6.07, 6.45) is -0.355. The van der Waals surface area contributed by atoms with E-state index >= 15 is 0 Å². The predicted octanol–water partition coefficient (Wildman–Crippen LogP) is 1.45. The highest BCUT2D eigenvalue weighted by Crippen LogP contribution is 2.19. The first-order chi connectivity index (χ1) is 12.2. The maximum atomic E-state index is 12.9. The zero-order valence-electron chi connectivity index (χ0n) is 15.6. The quantitative estimate of drug-likeness (QED) is 0.744. The van der Waals surface area contributed by atoms with Crippen molar-refractivity contribution < 1.29 is 23.9 Å². The summed E-state index contributed by atoms with van der Waals surface area (Å²) in [6, 6.07) is 7.88. The fourth-order valence-electron chi connectivity index (χ4n) is 2.76. The summed E-state index contributed by atoms with van der Waals surface area (Å²) in [5.74, 6) is -1.23. The Hall–Kier alpha value is -2.41. The largest absolute Gasteiger partial charge is 0.469 e. The molecular weight excluding hydrogens is 336 g/mol. The summed E-state index contributed by atoms with van der Waals surface area (Å²) in [5, 5.41) is 5.60. The molecule has 0 bridgehead atoms. The molecule has 0 saturated carbocycles. The lowest BCUT2D eigenvalue weighted by Gasteiger charge is -2.37. The third-order valence-corrected chi connectivity index (χ3v) is 4.09. The molecule has 1 aliphatic rings. The number of methoxy groups -OCH3 is 1. The molecule has 1 amide bonds. The molecular formula is C19H26N2O5. The molecule has 1 fully saturated rings. The van der Waals surface area contributed by atoms with E-state index in [2.05, 4.69) is 10.6 Å². The Bertz CT molecular complexity index is 654. The van der Waals surface area contributed by atoms with Gasteiger partial charge in [-0.3, -0.25) is 9.59 Å². The van der Waals surface area contributed by atoms with E-state index in [0.717, 1.165) is 5.56 Å². The van der Waals surface area contributed by atoms with Crippen molar-refractivity contribution in [3.8, 4) is 0 Å². The molecule has 0 spiro atoms. The minimum Gasteiger partial charge on any atom is -0.469 e. The minimum absolute atomic E-state index is 0.263. The van der Waals surface area contributed by atoms with Crippen LogP contribution in [0.5, 0.6) is 0 Å². The first-order valence-electron chi connectivity index (χ1n) is 8.59. The third-order valence-electron chi connectivity index (χ3n) is 4.09. The van der Waals surface area contributed by atoms with Gasteiger partial charge in [-0.15, -0.1) is 0 Å². The number of amides is 1. The SMILES string of the molecule is COC(=O)C1CNC1C(=O)[C@H](Cc1ccccc1)NC(=O)OC(C)(C)C. The summed E-state index contributed by atoms with van der Waals surface area (Å²) in [4.78, 5) is 36.9. The van der Waals surface area contributed by atoms with Crippen LogP contribution in [0.3, 0.4) is 0 Å². The van der Waals surface area contributed by atoms with Crippen LogP contribution in [0, 0.1) is 5.92 Å². The fourth-order valence-corrected chi connectivity index (χ4v) is 2.76. The Labute approximate surface area is 153 Å². The van der Waals surface area contributed by atoms with Crippen LogP contribution < -0.4 is 10.6 Å². The van der Waals surface area contributed by atoms with Crippen molar-refractivity contribution in [2.45, 2.75) is 44.9 Å². The molecule has 26 heavy (non-hydrogen) atoms. The van der Waals surface area contributed by atoms with Crippen molar-refractivity contribution in [2.75, 3.05) is 13.7 Å². The molecule has 1 saturated heterocycles. The van der Waals surface area contributed by atoms with Crippen LogP contribution in [-0.2, 0) is 25.5 Å². The molecule has 1 aromatic rings. The maximum Gasteiger partial charge on any atom is 0.408 e. The lowest BCUT2D eigenvalue weighted by atomic mass is 9.84. The van der Waals surface area contributed by atoms with Crippen molar-refractivity contribution in [1.29, 1.82) is 0 Å². The van der Waals surface area contributed by atoms with Gasteiger partial charge < -0.3 is 20.1 Å². The summed E-state index contributed by atoms with van der Waals surface area (Å²) in [6.45, 7) is 5.64.